The molecule has 5 aliphatic rings. The fourth-order valence-corrected chi connectivity index (χ4v) is 14.0. The van der Waals surface area contributed by atoms with Crippen LogP contribution in [0.3, 0.4) is 0 Å². The van der Waals surface area contributed by atoms with Crippen LogP contribution in [-0.2, 0) is 31.1 Å². The molecule has 37 heteroatoms. The van der Waals surface area contributed by atoms with E-state index in [2.05, 4.69) is 107 Å². The molecule has 0 unspecified atom stereocenters. The number of nitrogens with two attached hydrogens (primary N) is 2. The van der Waals surface area contributed by atoms with Crippen molar-refractivity contribution in [3.05, 3.63) is 273 Å². The molecule has 10 aromatic rings. The molecule has 0 aromatic carbocycles. The van der Waals surface area contributed by atoms with Crippen molar-refractivity contribution in [3.63, 3.8) is 0 Å². The summed E-state index contributed by atoms with van der Waals surface area (Å²) in [7, 11) is 0. The van der Waals surface area contributed by atoms with Crippen molar-refractivity contribution in [2.75, 3.05) is 41.3 Å². The van der Waals surface area contributed by atoms with Gasteiger partial charge in [0.05, 0.1) is 86.6 Å². The van der Waals surface area contributed by atoms with Gasteiger partial charge in [-0.25, -0.2) is 104 Å². The van der Waals surface area contributed by atoms with Gasteiger partial charge >= 0.3 is 18.3 Å². The summed E-state index contributed by atoms with van der Waals surface area (Å²) in [5.41, 5.74) is 9.63. The molecule has 622 valence electrons. The van der Waals surface area contributed by atoms with Crippen LogP contribution in [0.4, 0.5) is 72.6 Å². The van der Waals surface area contributed by atoms with Crippen LogP contribution in [0.1, 0.15) is 132 Å². The zero-order valence-electron chi connectivity index (χ0n) is 65.1. The minimum Gasteiger partial charge on any atom is -0.443 e. The van der Waals surface area contributed by atoms with E-state index in [0.29, 0.717) is 43.2 Å². The summed E-state index contributed by atoms with van der Waals surface area (Å²) in [6, 6.07) is 14.5. The van der Waals surface area contributed by atoms with E-state index >= 15 is 0 Å². The quantitative estimate of drug-likeness (QED) is 0.0433. The number of hydrogen-bond acceptors (Lipinski definition) is 19. The predicted octanol–water partition coefficient (Wildman–Crippen LogP) is 16.8. The van der Waals surface area contributed by atoms with Gasteiger partial charge in [0.2, 0.25) is 29.4 Å². The molecule has 5 N–H and O–H groups in total. The second-order valence-corrected chi connectivity index (χ2v) is 32.3. The summed E-state index contributed by atoms with van der Waals surface area (Å²) < 4.78 is 139. The van der Waals surface area contributed by atoms with Gasteiger partial charge in [-0.05, 0) is 198 Å². The third kappa shape index (κ3) is 23.3. The number of anilines is 3. The number of alkyl halides is 4. The Kier molecular flexibility index (Phi) is 29.4. The summed E-state index contributed by atoms with van der Waals surface area (Å²) in [4.78, 5) is 94.6. The number of rotatable bonds is 17. The Hall–Kier alpha value is -12.0. The summed E-state index contributed by atoms with van der Waals surface area (Å²) >= 11 is 6.31. The molecule has 0 bridgehead atoms. The maximum atomic E-state index is 14.7. The molecule has 0 aliphatic heterocycles. The average Bonchev–Trinajstić information content (AvgIpc) is 1.25. The number of ether oxygens (including phenoxy) is 2. The van der Waals surface area contributed by atoms with E-state index < -0.39 is 99.2 Å². The number of hydrogen-bond donors (Lipinski definition) is 3. The van der Waals surface area contributed by atoms with Crippen LogP contribution in [-0.4, -0.2) is 149 Å². The van der Waals surface area contributed by atoms with Crippen LogP contribution < -0.4 is 26.6 Å². The molecule has 10 aromatic heterocycles. The van der Waals surface area contributed by atoms with Crippen LogP contribution in [0.15, 0.2) is 193 Å². The molecule has 0 atom stereocenters. The molecule has 0 spiro atoms. The molecule has 26 nitrogen and oxygen atoms in total. The monoisotopic (exact) mass is 1770 g/mol. The molecule has 4 fully saturated rings. The Morgan fingerprint density at radius 1 is 0.529 bits per heavy atom. The van der Waals surface area contributed by atoms with Crippen LogP contribution in [0.5, 0.6) is 0 Å². The zero-order valence-corrected chi connectivity index (χ0v) is 68.3. The molecule has 0 saturated heterocycles. The number of aromatic nitrogens is 14. The molecular weight excluding hydrogens is 1690 g/mol. The third-order valence-corrected chi connectivity index (χ3v) is 20.1. The van der Waals surface area contributed by atoms with Crippen molar-refractivity contribution in [2.24, 2.45) is 11.5 Å². The first-order valence-corrected chi connectivity index (χ1v) is 38.6. The number of nitrogens with one attached hydrogen (secondary N) is 1. The van der Waals surface area contributed by atoms with Gasteiger partial charge < -0.3 is 35.4 Å². The minimum atomic E-state index is -1.13. The number of pyridine rings is 4. The molecular formula is C82H82Br2F9N21O5. The summed E-state index contributed by atoms with van der Waals surface area (Å²) in [5, 5.41) is 3.06. The van der Waals surface area contributed by atoms with E-state index in [1.807, 2.05) is 18.2 Å². The number of nitrogens with zero attached hydrogens (tertiary/aromatic N) is 18. The first-order valence-electron chi connectivity index (χ1n) is 37.0. The maximum Gasteiger partial charge on any atom is 0.417 e. The molecule has 5 aliphatic carbocycles. The maximum absolute atomic E-state index is 14.7. The van der Waals surface area contributed by atoms with Crippen LogP contribution in [0, 0.1) is 42.5 Å². The third-order valence-electron chi connectivity index (χ3n) is 19.3. The van der Waals surface area contributed by atoms with Gasteiger partial charge in [-0.2, -0.15) is 4.39 Å². The topological polar surface area (TPSA) is 313 Å². The Labute approximate surface area is 696 Å². The summed E-state index contributed by atoms with van der Waals surface area (Å²) in [6.45, 7) is 24.4. The van der Waals surface area contributed by atoms with Crippen molar-refractivity contribution in [3.8, 4) is 11.4 Å². The highest BCUT2D eigenvalue weighted by atomic mass is 79.9. The average molecular weight is 1770 g/mol. The van der Waals surface area contributed by atoms with E-state index in [0.717, 1.165) is 12.1 Å². The second kappa shape index (κ2) is 39.1. The predicted molar refractivity (Wildman–Crippen MR) is 430 cm³/mol. The second-order valence-electron chi connectivity index (χ2n) is 30.5. The standard InChI is InChI=1S/C24H24F2N6O2.C19H21BrF2N4O2.C19H18F2N6O.C10H12F2N2.C6H5N.C4H2BrFN2/c1-23(2,3)34-22(33)32(15-24(10-16(25)11-24)20-19(26)6-5-8-28-20)21-29-12-18(13-30-21)31-9-7-17(14-31)27-4;1-18(2,3)28-17(27)26(16-24-9-12(20)10-25-16)11-19(7-13(21)8-19)15-14(22)5-4-6-23-15;20-13-6-19(7-13,16-15(21)2-1-4-23-16)11-26-18-24-8-14(9-25-18)27-5-3-12(10-27)17(22)28;11-7-4-10(5-7,6-13)9-8(12)2-1-3-14-9;1-7-6-4-2-3-5-6;5-3-1-7-4(6)8-2-3/h5-9,12-14,16H,10-11,15H2,1-3H3;4-6,9-10,13H,7-8,11H2,1-3H3;1-5,8-10,13H,6-7,11H2,(H2,22,28)(H,24,25,26);1-3,7H,4-6,13H2;2,4-5H,3H2;1-2H. The highest BCUT2D eigenvalue weighted by Gasteiger charge is 2.54. The van der Waals surface area contributed by atoms with Crippen molar-refractivity contribution in [2.45, 2.75) is 157 Å². The summed E-state index contributed by atoms with van der Waals surface area (Å²) in [5.74, 6) is -1.96. The largest absolute Gasteiger partial charge is 0.443 e. The van der Waals surface area contributed by atoms with Crippen LogP contribution >= 0.6 is 31.9 Å². The van der Waals surface area contributed by atoms with Crippen LogP contribution in [0.25, 0.3) is 21.1 Å². The first kappa shape index (κ1) is 89.4. The molecule has 3 amide bonds. The molecule has 10 heterocycles. The van der Waals surface area contributed by atoms with Crippen molar-refractivity contribution in [1.82, 2.24) is 68.9 Å². The van der Waals surface area contributed by atoms with E-state index in [1.165, 1.54) is 120 Å². The SMILES string of the molecule is CC(C)(C)OC(=O)N(CC1(c2ncccc2F)CC(F)C1)c1ncc(Br)cn1.Fc1ncc(Br)cn1.NC(=O)c1ccn(-c2cnc(NCC3(c4ncccc4F)CC(F)C3)nc2)c1.NCC1(c2ncccc2F)CC(F)C1.[C-]#[N+]C1=CCC=C1.[C-]#[N+]c1ccn(-c2cnc(N(CC3(c4ncccc4F)CC(F)C3)C(=O)OC(C)(C)C)nc2)c1. The van der Waals surface area contributed by atoms with Crippen molar-refractivity contribution >= 4 is 73.5 Å². The van der Waals surface area contributed by atoms with Crippen molar-refractivity contribution in [1.29, 1.82) is 0 Å². The number of halogens is 11. The molecule has 119 heavy (non-hydrogen) atoms. The van der Waals surface area contributed by atoms with Crippen molar-refractivity contribution < 1.29 is 63.4 Å². The van der Waals surface area contributed by atoms with E-state index in [4.69, 9.17) is 34.1 Å². The van der Waals surface area contributed by atoms with Gasteiger partial charge in [0.15, 0.2) is 5.70 Å². The van der Waals surface area contributed by atoms with E-state index in [9.17, 15) is 53.9 Å². The smallest absolute Gasteiger partial charge is 0.417 e. The van der Waals surface area contributed by atoms with Gasteiger partial charge in [0.1, 0.15) is 59.2 Å². The van der Waals surface area contributed by atoms with Gasteiger partial charge in [0, 0.05) is 116 Å². The highest BCUT2D eigenvalue weighted by molar-refractivity contribution is 9.10. The molecule has 4 saturated carbocycles. The van der Waals surface area contributed by atoms with Gasteiger partial charge in [-0.3, -0.25) is 24.7 Å². The first-order chi connectivity index (χ1) is 56.6. The Bertz CT molecular complexity index is 5250. The molecule has 15 rings (SSSR count). The Morgan fingerprint density at radius 3 is 1.25 bits per heavy atom. The number of carbonyl (C=O) groups is 3. The number of amides is 3. The minimum absolute atomic E-state index is 0.0150. The number of carbonyl (C=O) groups excluding carboxylic acids is 3. The lowest BCUT2D eigenvalue weighted by atomic mass is 9.64. The number of allylic oxidation sites excluding steroid dienone is 3. The van der Waals surface area contributed by atoms with E-state index in [-0.39, 0.29) is 112 Å². The Balaban J connectivity index is 0.000000161. The molecule has 0 radical (unpaired) electrons. The Morgan fingerprint density at radius 2 is 0.908 bits per heavy atom. The normalized spacial score (nSPS) is 21.0. The fourth-order valence-electron chi connectivity index (χ4n) is 13.6. The summed E-state index contributed by atoms with van der Waals surface area (Å²) in [6.07, 6.45) is 26.0. The van der Waals surface area contributed by atoms with Crippen LogP contribution in [0.2, 0.25) is 0 Å². The highest BCUT2D eigenvalue weighted by Crippen LogP contribution is 2.50. The van der Waals surface area contributed by atoms with Gasteiger partial charge in [-0.1, -0.05) is 18.2 Å². The lowest BCUT2D eigenvalue weighted by Crippen LogP contribution is -2.54. The van der Waals surface area contributed by atoms with Gasteiger partial charge in [0.25, 0.3) is 0 Å². The van der Waals surface area contributed by atoms with Gasteiger partial charge in [-0.15, -0.1) is 0 Å². The fraction of sp³-hybridized carbons (Fsp3) is 0.354. The lowest BCUT2D eigenvalue weighted by molar-refractivity contribution is 0.0499. The lowest BCUT2D eigenvalue weighted by Gasteiger charge is -2.45. The number of primary amides is 1. The zero-order chi connectivity index (χ0) is 86.0. The van der Waals surface area contributed by atoms with E-state index in [1.54, 1.807) is 100.0 Å².